The van der Waals surface area contributed by atoms with Crippen molar-refractivity contribution in [3.63, 3.8) is 0 Å². The van der Waals surface area contributed by atoms with Gasteiger partial charge in [0.05, 0.1) is 17.7 Å². The van der Waals surface area contributed by atoms with Crippen LogP contribution < -0.4 is 10.2 Å². The molecule has 10 rings (SSSR count). The summed E-state index contributed by atoms with van der Waals surface area (Å²) in [5.74, 6) is -1.04. The van der Waals surface area contributed by atoms with Crippen LogP contribution in [0.5, 0.6) is 5.75 Å². The van der Waals surface area contributed by atoms with Gasteiger partial charge in [0.1, 0.15) is 11.8 Å². The fourth-order valence-corrected chi connectivity index (χ4v) is 11.3. The number of piperidine rings is 2. The minimum atomic E-state index is -0.995. The molecule has 4 aromatic rings. The molecule has 0 bridgehead atoms. The quantitative estimate of drug-likeness (QED) is 0.232. The third-order valence-electron chi connectivity index (χ3n) is 14.3. The summed E-state index contributed by atoms with van der Waals surface area (Å²) in [5, 5.41) is 12.5. The van der Waals surface area contributed by atoms with Crippen molar-refractivity contribution in [2.45, 2.75) is 88.9 Å². The summed E-state index contributed by atoms with van der Waals surface area (Å²) in [6.45, 7) is 6.07. The monoisotopic (exact) mass is 791 g/mol. The van der Waals surface area contributed by atoms with Gasteiger partial charge in [-0.3, -0.25) is 39.1 Å². The topological polar surface area (TPSA) is 131 Å². The number of imide groups is 2. The Labute approximate surface area is 344 Å². The fourth-order valence-electron chi connectivity index (χ4n) is 11.3. The Kier molecular flexibility index (Phi) is 9.19. The molecule has 0 unspecified atom stereocenters. The predicted octanol–water partition coefficient (Wildman–Crippen LogP) is 5.88. The van der Waals surface area contributed by atoms with E-state index in [0.29, 0.717) is 24.8 Å². The van der Waals surface area contributed by atoms with Crippen LogP contribution in [-0.2, 0) is 33.9 Å². The first-order valence-corrected chi connectivity index (χ1v) is 21.1. The second-order valence-electron chi connectivity index (χ2n) is 17.8. The minimum Gasteiger partial charge on any atom is -0.508 e. The van der Waals surface area contributed by atoms with Gasteiger partial charge in [-0.15, -0.1) is 0 Å². The lowest BCUT2D eigenvalue weighted by Crippen LogP contribution is -2.54. The van der Waals surface area contributed by atoms with E-state index in [9.17, 15) is 29.1 Å². The number of carbonyl (C=O) groups is 5. The number of aromatic hydroxyl groups is 1. The zero-order chi connectivity index (χ0) is 40.6. The standard InChI is InChI=1S/C48H49N5O6/c1-29-24-48(28-52(29)43(56)27-50-25-33-22-39-40(23-34(33)26-50)47(59)53(46(39)58)41-15-16-42(55)49-45(41)57)17-19-51(20-18-48)35-10-7-31(8-11-35)44-37(30-5-3-2-4-6-30)13-9-32-21-36(54)12-14-38(32)44/h2-8,10-12,14,21-23,29,37,41,44,54H,9,13,15-20,24-28H2,1H3,(H,49,55,57)/t29-,37+,41+,44-/m0/s1. The molecule has 4 aromatic carbocycles. The molecular weight excluding hydrogens is 743 g/mol. The molecule has 1 aliphatic carbocycles. The van der Waals surface area contributed by atoms with E-state index in [1.807, 2.05) is 12.1 Å². The van der Waals surface area contributed by atoms with E-state index in [1.54, 1.807) is 12.1 Å². The number of hydrogen-bond acceptors (Lipinski definition) is 8. The van der Waals surface area contributed by atoms with Gasteiger partial charge in [-0.05, 0) is 127 Å². The molecule has 3 saturated heterocycles. The molecule has 0 aromatic heterocycles. The summed E-state index contributed by atoms with van der Waals surface area (Å²) in [7, 11) is 0. The Hall–Kier alpha value is -5.81. The van der Waals surface area contributed by atoms with Gasteiger partial charge in [0.15, 0.2) is 0 Å². The minimum absolute atomic E-state index is 0.0782. The number of hydrogen-bond donors (Lipinski definition) is 2. The molecule has 4 atom stereocenters. The third kappa shape index (κ3) is 6.59. The molecule has 11 nitrogen and oxygen atoms in total. The number of fused-ring (bicyclic) bond motifs is 3. The summed E-state index contributed by atoms with van der Waals surface area (Å²) in [6.07, 6.45) is 5.22. The van der Waals surface area contributed by atoms with Crippen molar-refractivity contribution >= 4 is 35.2 Å². The van der Waals surface area contributed by atoms with Crippen LogP contribution in [0.1, 0.15) is 111 Å². The molecule has 59 heavy (non-hydrogen) atoms. The van der Waals surface area contributed by atoms with Gasteiger partial charge in [0, 0.05) is 56.8 Å². The Morgan fingerprint density at radius 2 is 1.49 bits per heavy atom. The lowest BCUT2D eigenvalue weighted by Gasteiger charge is -2.40. The third-order valence-corrected chi connectivity index (χ3v) is 14.3. The highest BCUT2D eigenvalue weighted by Gasteiger charge is 2.47. The van der Waals surface area contributed by atoms with Gasteiger partial charge in [-0.2, -0.15) is 0 Å². The van der Waals surface area contributed by atoms with Crippen LogP contribution in [0.2, 0.25) is 0 Å². The number of benzene rings is 4. The predicted molar refractivity (Wildman–Crippen MR) is 221 cm³/mol. The number of nitrogens with zero attached hydrogens (tertiary/aromatic N) is 4. The van der Waals surface area contributed by atoms with Crippen molar-refractivity contribution in [1.82, 2.24) is 20.0 Å². The highest BCUT2D eigenvalue weighted by Crippen LogP contribution is 2.48. The molecule has 11 heteroatoms. The Morgan fingerprint density at radius 3 is 2.17 bits per heavy atom. The van der Waals surface area contributed by atoms with Crippen molar-refractivity contribution in [1.29, 1.82) is 0 Å². The van der Waals surface area contributed by atoms with Gasteiger partial charge in [0.25, 0.3) is 11.8 Å². The average molecular weight is 792 g/mol. The molecule has 3 fully saturated rings. The molecular formula is C48H49N5O6. The van der Waals surface area contributed by atoms with Crippen molar-refractivity contribution in [3.8, 4) is 5.75 Å². The second kappa shape index (κ2) is 14.5. The SMILES string of the molecule is C[C@H]1CC2(CCN(c3ccc([C@@H]4c5ccc(O)cc5CC[C@@H]4c4ccccc4)cc3)CC2)CN1C(=O)CN1Cc2cc3c(cc2C1)C(=O)N([C@@H]1CCC(=O)NC1=O)C3=O. The van der Waals surface area contributed by atoms with Crippen molar-refractivity contribution in [3.05, 3.63) is 129 Å². The molecule has 5 aliphatic heterocycles. The summed E-state index contributed by atoms with van der Waals surface area (Å²) in [4.78, 5) is 72.5. The van der Waals surface area contributed by atoms with E-state index in [0.717, 1.165) is 67.8 Å². The van der Waals surface area contributed by atoms with E-state index in [2.05, 4.69) is 87.6 Å². The van der Waals surface area contributed by atoms with Crippen LogP contribution in [0.15, 0.2) is 84.9 Å². The molecule has 0 saturated carbocycles. The fraction of sp³-hybridized carbons (Fsp3) is 0.396. The van der Waals surface area contributed by atoms with Crippen LogP contribution in [0.3, 0.4) is 0 Å². The highest BCUT2D eigenvalue weighted by atomic mass is 16.3. The summed E-state index contributed by atoms with van der Waals surface area (Å²) in [6, 6.07) is 28.5. The first kappa shape index (κ1) is 37.5. The van der Waals surface area contributed by atoms with Crippen LogP contribution in [0, 0.1) is 5.41 Å². The molecule has 2 N–H and O–H groups in total. The Bertz CT molecular complexity index is 2340. The van der Waals surface area contributed by atoms with Gasteiger partial charge < -0.3 is 14.9 Å². The van der Waals surface area contributed by atoms with Crippen molar-refractivity contribution < 1.29 is 29.1 Å². The number of phenols is 1. The largest absolute Gasteiger partial charge is 0.508 e. The van der Waals surface area contributed by atoms with Gasteiger partial charge in [-0.25, -0.2) is 0 Å². The maximum atomic E-state index is 13.9. The summed E-state index contributed by atoms with van der Waals surface area (Å²) in [5.41, 5.74) is 8.88. The zero-order valence-electron chi connectivity index (χ0n) is 33.4. The number of amides is 5. The number of likely N-dealkylation sites (tertiary alicyclic amines) is 1. The normalized spacial score (nSPS) is 25.0. The van der Waals surface area contributed by atoms with E-state index in [1.165, 1.54) is 27.9 Å². The van der Waals surface area contributed by atoms with Crippen molar-refractivity contribution in [2.24, 2.45) is 5.41 Å². The maximum Gasteiger partial charge on any atom is 0.262 e. The first-order chi connectivity index (χ1) is 28.5. The highest BCUT2D eigenvalue weighted by molar-refractivity contribution is 6.23. The van der Waals surface area contributed by atoms with E-state index < -0.39 is 29.7 Å². The number of anilines is 1. The zero-order valence-corrected chi connectivity index (χ0v) is 33.4. The van der Waals surface area contributed by atoms with Crippen molar-refractivity contribution in [2.75, 3.05) is 31.1 Å². The lowest BCUT2D eigenvalue weighted by molar-refractivity contribution is -0.136. The van der Waals surface area contributed by atoms with Gasteiger partial charge >= 0.3 is 0 Å². The van der Waals surface area contributed by atoms with Crippen LogP contribution in [0.4, 0.5) is 5.69 Å². The molecule has 5 amide bonds. The smallest absolute Gasteiger partial charge is 0.262 e. The number of carbonyl (C=O) groups excluding carboxylic acids is 5. The summed E-state index contributed by atoms with van der Waals surface area (Å²) >= 11 is 0. The maximum absolute atomic E-state index is 13.9. The first-order valence-electron chi connectivity index (χ1n) is 21.1. The van der Waals surface area contributed by atoms with E-state index in [-0.39, 0.29) is 53.8 Å². The number of aryl methyl sites for hydroxylation is 1. The lowest BCUT2D eigenvalue weighted by atomic mass is 9.69. The van der Waals surface area contributed by atoms with Crippen LogP contribution >= 0.6 is 0 Å². The Morgan fingerprint density at radius 1 is 0.797 bits per heavy atom. The van der Waals surface area contributed by atoms with Gasteiger partial charge in [0.2, 0.25) is 17.7 Å². The number of phenolic OH excluding ortho intramolecular Hbond substituents is 1. The second-order valence-corrected chi connectivity index (χ2v) is 17.8. The van der Waals surface area contributed by atoms with Gasteiger partial charge in [-0.1, -0.05) is 48.5 Å². The number of nitrogens with one attached hydrogen (secondary N) is 1. The average Bonchev–Trinajstić information content (AvgIpc) is 3.86. The van der Waals surface area contributed by atoms with E-state index >= 15 is 0 Å². The molecule has 0 radical (unpaired) electrons. The van der Waals surface area contributed by atoms with E-state index in [4.69, 9.17) is 0 Å². The molecule has 5 heterocycles. The molecule has 302 valence electrons. The molecule has 1 spiro atoms. The Balaban J connectivity index is 0.765. The number of rotatable bonds is 6. The van der Waals surface area contributed by atoms with Crippen LogP contribution in [-0.4, -0.2) is 87.6 Å². The summed E-state index contributed by atoms with van der Waals surface area (Å²) < 4.78 is 0. The molecule has 6 aliphatic rings. The van der Waals surface area contributed by atoms with Crippen LogP contribution in [0.25, 0.3) is 0 Å².